The fourth-order valence-electron chi connectivity index (χ4n) is 2.46. The Morgan fingerprint density at radius 3 is 2.43 bits per heavy atom. The van der Waals surface area contributed by atoms with Gasteiger partial charge in [0.15, 0.2) is 5.95 Å². The van der Waals surface area contributed by atoms with Crippen molar-refractivity contribution in [2.45, 2.75) is 25.9 Å². The van der Waals surface area contributed by atoms with Gasteiger partial charge in [-0.15, -0.1) is 0 Å². The zero-order valence-electron chi connectivity index (χ0n) is 12.2. The molecule has 0 radical (unpaired) electrons. The van der Waals surface area contributed by atoms with Gasteiger partial charge in [0, 0.05) is 23.4 Å². The van der Waals surface area contributed by atoms with E-state index < -0.39 is 0 Å². The van der Waals surface area contributed by atoms with Crippen LogP contribution in [-0.4, -0.2) is 6.04 Å². The third kappa shape index (κ3) is 2.92. The van der Waals surface area contributed by atoms with E-state index in [1.165, 1.54) is 5.56 Å². The second kappa shape index (κ2) is 5.60. The Hall–Kier alpha value is -2.29. The number of hydrogen-bond acceptors (Lipinski definition) is 2. The highest BCUT2D eigenvalue weighted by molar-refractivity contribution is 5.51. The van der Waals surface area contributed by atoms with Crippen LogP contribution in [0.1, 0.15) is 24.1 Å². The van der Waals surface area contributed by atoms with E-state index in [9.17, 15) is 4.39 Å². The lowest BCUT2D eigenvalue weighted by Gasteiger charge is -2.23. The van der Waals surface area contributed by atoms with Gasteiger partial charge in [0.1, 0.15) is 0 Å². The van der Waals surface area contributed by atoms with Crippen molar-refractivity contribution in [1.82, 2.24) is 10.6 Å². The zero-order chi connectivity index (χ0) is 14.8. The van der Waals surface area contributed by atoms with E-state index >= 15 is 0 Å². The van der Waals surface area contributed by atoms with Crippen molar-refractivity contribution in [1.29, 1.82) is 0 Å². The Kier molecular flexibility index (Phi) is 3.65. The first-order valence-electron chi connectivity index (χ1n) is 7.19. The van der Waals surface area contributed by atoms with Crippen LogP contribution in [0.25, 0.3) is 0 Å². The van der Waals surface area contributed by atoms with E-state index in [2.05, 4.69) is 17.6 Å². The molecule has 0 saturated carbocycles. The Bertz CT molecular complexity index is 650. The molecular formula is C18H19FN2. The zero-order valence-corrected chi connectivity index (χ0v) is 12.2. The number of allylic oxidation sites excluding steroid dienone is 4. The van der Waals surface area contributed by atoms with Crippen LogP contribution in [-0.2, 0) is 0 Å². The van der Waals surface area contributed by atoms with Crippen molar-refractivity contribution in [2.24, 2.45) is 0 Å². The maximum atomic E-state index is 14.4. The second-order valence-electron chi connectivity index (χ2n) is 5.53. The van der Waals surface area contributed by atoms with Crippen LogP contribution in [0.3, 0.4) is 0 Å². The van der Waals surface area contributed by atoms with Crippen LogP contribution < -0.4 is 10.6 Å². The monoisotopic (exact) mass is 282 g/mol. The third-order valence-electron chi connectivity index (χ3n) is 3.79. The van der Waals surface area contributed by atoms with Crippen LogP contribution >= 0.6 is 0 Å². The van der Waals surface area contributed by atoms with Crippen molar-refractivity contribution < 1.29 is 4.39 Å². The quantitative estimate of drug-likeness (QED) is 0.806. The smallest absolute Gasteiger partial charge is 0.195 e. The van der Waals surface area contributed by atoms with E-state index in [1.807, 2.05) is 61.7 Å². The van der Waals surface area contributed by atoms with Gasteiger partial charge in [0.25, 0.3) is 0 Å². The minimum atomic E-state index is -0.282. The molecule has 3 heteroatoms. The molecule has 21 heavy (non-hydrogen) atoms. The number of benzene rings is 1. The van der Waals surface area contributed by atoms with Gasteiger partial charge in [-0.2, -0.15) is 4.39 Å². The van der Waals surface area contributed by atoms with E-state index in [1.54, 1.807) is 0 Å². The second-order valence-corrected chi connectivity index (χ2v) is 5.53. The summed E-state index contributed by atoms with van der Waals surface area (Å²) in [5.41, 5.74) is 3.71. The van der Waals surface area contributed by atoms with Crippen molar-refractivity contribution >= 4 is 0 Å². The molecule has 1 aromatic rings. The molecule has 0 amide bonds. The van der Waals surface area contributed by atoms with Crippen molar-refractivity contribution in [3.05, 3.63) is 83.0 Å². The highest BCUT2D eigenvalue weighted by Gasteiger charge is 2.19. The molecule has 2 heterocycles. The molecule has 0 saturated heterocycles. The standard InChI is InChI=1S/C18H19FN2/c1-12-3-6-14(7-4-12)17-10-9-16(18(19)21-17)15-8-5-13(2)20-11-15/h3-11,13,17,20-21H,1-2H3. The average molecular weight is 282 g/mol. The van der Waals surface area contributed by atoms with Gasteiger partial charge in [-0.1, -0.05) is 54.1 Å². The molecule has 2 atom stereocenters. The Morgan fingerprint density at radius 1 is 1.05 bits per heavy atom. The molecule has 0 bridgehead atoms. The van der Waals surface area contributed by atoms with Crippen molar-refractivity contribution in [3.63, 3.8) is 0 Å². The molecule has 0 aliphatic carbocycles. The largest absolute Gasteiger partial charge is 0.384 e. The van der Waals surface area contributed by atoms with Gasteiger partial charge in [-0.05, 0) is 19.4 Å². The number of aryl methyl sites for hydroxylation is 1. The molecule has 2 N–H and O–H groups in total. The Morgan fingerprint density at radius 2 is 1.81 bits per heavy atom. The Balaban J connectivity index is 1.79. The first-order valence-corrected chi connectivity index (χ1v) is 7.19. The number of dihydropyridines is 2. The topological polar surface area (TPSA) is 24.1 Å². The number of halogens is 1. The van der Waals surface area contributed by atoms with Gasteiger partial charge in [0.2, 0.25) is 0 Å². The van der Waals surface area contributed by atoms with Crippen LogP contribution in [0.4, 0.5) is 4.39 Å². The highest BCUT2D eigenvalue weighted by atomic mass is 19.1. The lowest BCUT2D eigenvalue weighted by molar-refractivity contribution is 0.503. The SMILES string of the molecule is Cc1ccc(C2C=CC(C3=CNC(C)C=C3)=C(F)N2)cc1. The van der Waals surface area contributed by atoms with Gasteiger partial charge >= 0.3 is 0 Å². The third-order valence-corrected chi connectivity index (χ3v) is 3.79. The predicted octanol–water partition coefficient (Wildman–Crippen LogP) is 3.81. The molecule has 1 aromatic carbocycles. The molecule has 2 nitrogen and oxygen atoms in total. The van der Waals surface area contributed by atoms with Gasteiger partial charge in [-0.25, -0.2) is 0 Å². The maximum Gasteiger partial charge on any atom is 0.195 e. The molecule has 2 aliphatic rings. The molecule has 2 aliphatic heterocycles. The summed E-state index contributed by atoms with van der Waals surface area (Å²) in [5.74, 6) is -0.282. The van der Waals surface area contributed by atoms with Crippen molar-refractivity contribution in [2.75, 3.05) is 0 Å². The maximum absolute atomic E-state index is 14.4. The van der Waals surface area contributed by atoms with E-state index in [0.717, 1.165) is 11.1 Å². The molecule has 0 spiro atoms. The van der Waals surface area contributed by atoms with Crippen LogP contribution in [0.5, 0.6) is 0 Å². The fourth-order valence-corrected chi connectivity index (χ4v) is 2.46. The van der Waals surface area contributed by atoms with Crippen LogP contribution in [0.2, 0.25) is 0 Å². The highest BCUT2D eigenvalue weighted by Crippen LogP contribution is 2.28. The van der Waals surface area contributed by atoms with Gasteiger partial charge in [-0.3, -0.25) is 0 Å². The molecule has 2 unspecified atom stereocenters. The van der Waals surface area contributed by atoms with Gasteiger partial charge < -0.3 is 10.6 Å². The number of rotatable bonds is 2. The lowest BCUT2D eigenvalue weighted by atomic mass is 9.97. The number of hydrogen-bond donors (Lipinski definition) is 2. The molecule has 3 rings (SSSR count). The first-order chi connectivity index (χ1) is 10.1. The minimum Gasteiger partial charge on any atom is -0.384 e. The normalized spacial score (nSPS) is 24.4. The molecular weight excluding hydrogens is 263 g/mol. The minimum absolute atomic E-state index is 0.116. The summed E-state index contributed by atoms with van der Waals surface area (Å²) in [7, 11) is 0. The van der Waals surface area contributed by atoms with Crippen LogP contribution in [0.15, 0.2) is 71.9 Å². The fraction of sp³-hybridized carbons (Fsp3) is 0.222. The number of nitrogens with one attached hydrogen (secondary N) is 2. The summed E-state index contributed by atoms with van der Waals surface area (Å²) in [6.07, 6.45) is 9.68. The molecule has 0 aromatic heterocycles. The molecule has 108 valence electrons. The van der Waals surface area contributed by atoms with E-state index in [0.29, 0.717) is 11.6 Å². The summed E-state index contributed by atoms with van der Waals surface area (Å²) >= 11 is 0. The summed E-state index contributed by atoms with van der Waals surface area (Å²) in [5, 5.41) is 6.12. The van der Waals surface area contributed by atoms with E-state index in [4.69, 9.17) is 0 Å². The van der Waals surface area contributed by atoms with Gasteiger partial charge in [0.05, 0.1) is 6.04 Å². The van der Waals surface area contributed by atoms with Crippen molar-refractivity contribution in [3.8, 4) is 0 Å². The Labute approximate surface area is 124 Å². The summed E-state index contributed by atoms with van der Waals surface area (Å²) in [6.45, 7) is 4.10. The lowest BCUT2D eigenvalue weighted by Crippen LogP contribution is -2.24. The summed E-state index contributed by atoms with van der Waals surface area (Å²) < 4.78 is 14.4. The average Bonchev–Trinajstić information content (AvgIpc) is 2.49. The summed E-state index contributed by atoms with van der Waals surface area (Å²) in [4.78, 5) is 0. The van der Waals surface area contributed by atoms with E-state index in [-0.39, 0.29) is 12.0 Å². The predicted molar refractivity (Wildman–Crippen MR) is 84.2 cm³/mol. The summed E-state index contributed by atoms with van der Waals surface area (Å²) in [6, 6.07) is 8.31. The first kappa shape index (κ1) is 13.7. The molecule has 0 fully saturated rings. The van der Waals surface area contributed by atoms with Crippen LogP contribution in [0, 0.1) is 6.92 Å².